The van der Waals surface area contributed by atoms with E-state index in [0.717, 1.165) is 13.0 Å². The van der Waals surface area contributed by atoms with E-state index in [-0.39, 0.29) is 9.13 Å². The standard InChI is InChI=1S/C9H5ClF3IO/c1-4(15)7-6(14)3-2-5(10)8(7)9(11,12)13/h2-3H,1H3. The normalized spacial score (nSPS) is 11.6. The Hall–Kier alpha value is -0.300. The maximum atomic E-state index is 12.6. The van der Waals surface area contributed by atoms with Gasteiger partial charge < -0.3 is 0 Å². The Morgan fingerprint density at radius 3 is 2.27 bits per heavy atom. The van der Waals surface area contributed by atoms with Crippen molar-refractivity contribution in [2.75, 3.05) is 0 Å². The van der Waals surface area contributed by atoms with Gasteiger partial charge in [-0.05, 0) is 41.6 Å². The van der Waals surface area contributed by atoms with Crippen LogP contribution < -0.4 is 0 Å². The summed E-state index contributed by atoms with van der Waals surface area (Å²) in [4.78, 5) is 11.1. The Morgan fingerprint density at radius 2 is 1.93 bits per heavy atom. The number of alkyl halides is 3. The van der Waals surface area contributed by atoms with Crippen LogP contribution in [0.5, 0.6) is 0 Å². The van der Waals surface area contributed by atoms with Crippen molar-refractivity contribution in [3.8, 4) is 0 Å². The topological polar surface area (TPSA) is 17.1 Å². The van der Waals surface area contributed by atoms with Crippen molar-refractivity contribution < 1.29 is 18.0 Å². The van der Waals surface area contributed by atoms with Crippen LogP contribution in [0.1, 0.15) is 22.8 Å². The van der Waals surface area contributed by atoms with Crippen molar-refractivity contribution in [1.82, 2.24) is 0 Å². The molecule has 0 unspecified atom stereocenters. The zero-order chi connectivity index (χ0) is 11.8. The first kappa shape index (κ1) is 12.8. The Bertz CT molecular complexity index is 415. The Labute approximate surface area is 103 Å². The number of carbonyl (C=O) groups is 1. The molecule has 0 N–H and O–H groups in total. The van der Waals surface area contributed by atoms with E-state index in [4.69, 9.17) is 11.6 Å². The van der Waals surface area contributed by atoms with E-state index in [1.807, 2.05) is 0 Å². The lowest BCUT2D eigenvalue weighted by molar-refractivity contribution is -0.137. The predicted octanol–water partition coefficient (Wildman–Crippen LogP) is 4.17. The lowest BCUT2D eigenvalue weighted by Gasteiger charge is -2.14. The highest BCUT2D eigenvalue weighted by Crippen LogP contribution is 2.38. The molecule has 0 radical (unpaired) electrons. The number of rotatable bonds is 1. The van der Waals surface area contributed by atoms with E-state index in [0.29, 0.717) is 0 Å². The quantitative estimate of drug-likeness (QED) is 0.550. The van der Waals surface area contributed by atoms with Gasteiger partial charge in [0.15, 0.2) is 5.78 Å². The number of halogens is 5. The number of hydrogen-bond acceptors (Lipinski definition) is 1. The van der Waals surface area contributed by atoms with E-state index in [2.05, 4.69) is 0 Å². The number of ketones is 1. The van der Waals surface area contributed by atoms with Gasteiger partial charge in [0, 0.05) is 9.13 Å². The first-order chi connectivity index (χ1) is 6.75. The average Bonchev–Trinajstić information content (AvgIpc) is 2.05. The largest absolute Gasteiger partial charge is 0.418 e. The van der Waals surface area contributed by atoms with Crippen molar-refractivity contribution >= 4 is 40.0 Å². The fourth-order valence-corrected chi connectivity index (χ4v) is 2.27. The number of hydrogen-bond donors (Lipinski definition) is 0. The molecule has 0 heterocycles. The van der Waals surface area contributed by atoms with Gasteiger partial charge in [0.05, 0.1) is 10.6 Å². The molecule has 0 saturated carbocycles. The van der Waals surface area contributed by atoms with Crippen LogP contribution in [0.2, 0.25) is 5.02 Å². The third-order valence-corrected chi connectivity index (χ3v) is 2.95. The van der Waals surface area contributed by atoms with Crippen molar-refractivity contribution in [1.29, 1.82) is 0 Å². The SMILES string of the molecule is CC(=O)c1c(I)ccc(Cl)c1C(F)(F)F. The molecule has 0 aromatic heterocycles. The van der Waals surface area contributed by atoms with Crippen LogP contribution in [0.3, 0.4) is 0 Å². The van der Waals surface area contributed by atoms with Gasteiger partial charge in [0.25, 0.3) is 0 Å². The molecule has 1 nitrogen and oxygen atoms in total. The molecule has 1 rings (SSSR count). The Balaban J connectivity index is 3.60. The van der Waals surface area contributed by atoms with Crippen LogP contribution >= 0.6 is 34.2 Å². The summed E-state index contributed by atoms with van der Waals surface area (Å²) >= 11 is 7.13. The molecular formula is C9H5ClF3IO. The highest BCUT2D eigenvalue weighted by Gasteiger charge is 2.37. The zero-order valence-electron chi connectivity index (χ0n) is 7.45. The van der Waals surface area contributed by atoms with E-state index >= 15 is 0 Å². The van der Waals surface area contributed by atoms with E-state index in [9.17, 15) is 18.0 Å². The van der Waals surface area contributed by atoms with Crippen molar-refractivity contribution in [3.05, 3.63) is 31.9 Å². The number of Topliss-reactive ketones (excluding diaryl/α,β-unsaturated/α-hetero) is 1. The average molecular weight is 348 g/mol. The van der Waals surface area contributed by atoms with Crippen LogP contribution in [0.4, 0.5) is 13.2 Å². The molecule has 0 spiro atoms. The van der Waals surface area contributed by atoms with E-state index in [1.54, 1.807) is 22.6 Å². The molecule has 6 heteroatoms. The predicted molar refractivity (Wildman–Crippen MR) is 59.2 cm³/mol. The summed E-state index contributed by atoms with van der Waals surface area (Å²) in [7, 11) is 0. The van der Waals surface area contributed by atoms with Crippen LogP contribution in [0.25, 0.3) is 0 Å². The smallest absolute Gasteiger partial charge is 0.294 e. The second kappa shape index (κ2) is 4.29. The molecule has 15 heavy (non-hydrogen) atoms. The summed E-state index contributed by atoms with van der Waals surface area (Å²) < 4.78 is 38.1. The molecule has 1 aromatic rings. The molecule has 0 fully saturated rings. The van der Waals surface area contributed by atoms with Gasteiger partial charge in [0.1, 0.15) is 0 Å². The van der Waals surface area contributed by atoms with Crippen molar-refractivity contribution in [2.24, 2.45) is 0 Å². The summed E-state index contributed by atoms with van der Waals surface area (Å²) in [5, 5.41) is -0.451. The molecule has 0 saturated heterocycles. The molecule has 1 aromatic carbocycles. The minimum absolute atomic E-state index is 0.247. The monoisotopic (exact) mass is 348 g/mol. The van der Waals surface area contributed by atoms with Gasteiger partial charge in [-0.1, -0.05) is 11.6 Å². The van der Waals surface area contributed by atoms with Gasteiger partial charge in [-0.2, -0.15) is 13.2 Å². The summed E-state index contributed by atoms with van der Waals surface area (Å²) in [5.74, 6) is -0.644. The van der Waals surface area contributed by atoms with Gasteiger partial charge in [-0.25, -0.2) is 0 Å². The first-order valence-electron chi connectivity index (χ1n) is 3.81. The molecular weight excluding hydrogens is 343 g/mol. The minimum Gasteiger partial charge on any atom is -0.294 e. The lowest BCUT2D eigenvalue weighted by Crippen LogP contribution is -2.14. The molecule has 0 bridgehead atoms. The fourth-order valence-electron chi connectivity index (χ4n) is 1.17. The Morgan fingerprint density at radius 1 is 1.40 bits per heavy atom. The van der Waals surface area contributed by atoms with Gasteiger partial charge >= 0.3 is 6.18 Å². The lowest BCUT2D eigenvalue weighted by atomic mass is 10.0. The molecule has 0 amide bonds. The highest BCUT2D eigenvalue weighted by atomic mass is 127. The summed E-state index contributed by atoms with van der Waals surface area (Å²) in [5.41, 5.74) is -1.42. The molecule has 0 aliphatic heterocycles. The van der Waals surface area contributed by atoms with Crippen LogP contribution in [-0.2, 0) is 6.18 Å². The second-order valence-electron chi connectivity index (χ2n) is 2.83. The Kier molecular flexibility index (Phi) is 3.65. The third-order valence-electron chi connectivity index (χ3n) is 1.74. The first-order valence-corrected chi connectivity index (χ1v) is 5.27. The van der Waals surface area contributed by atoms with Gasteiger partial charge in [0.2, 0.25) is 0 Å². The fraction of sp³-hybridized carbons (Fsp3) is 0.222. The molecule has 82 valence electrons. The second-order valence-corrected chi connectivity index (χ2v) is 4.40. The maximum absolute atomic E-state index is 12.6. The summed E-state index contributed by atoms with van der Waals surface area (Å²) in [6, 6.07) is 2.52. The third kappa shape index (κ3) is 2.63. The maximum Gasteiger partial charge on any atom is 0.418 e. The zero-order valence-corrected chi connectivity index (χ0v) is 10.4. The van der Waals surface area contributed by atoms with E-state index in [1.165, 1.54) is 6.07 Å². The van der Waals surface area contributed by atoms with Crippen LogP contribution in [0.15, 0.2) is 12.1 Å². The van der Waals surface area contributed by atoms with Crippen LogP contribution in [0, 0.1) is 3.57 Å². The van der Waals surface area contributed by atoms with E-state index < -0.39 is 22.5 Å². The minimum atomic E-state index is -4.61. The number of benzene rings is 1. The van der Waals surface area contributed by atoms with Crippen LogP contribution in [-0.4, -0.2) is 5.78 Å². The highest BCUT2D eigenvalue weighted by molar-refractivity contribution is 14.1. The molecule has 0 atom stereocenters. The van der Waals surface area contributed by atoms with Gasteiger partial charge in [-0.3, -0.25) is 4.79 Å². The summed E-state index contributed by atoms with van der Waals surface area (Å²) in [6.45, 7) is 1.09. The van der Waals surface area contributed by atoms with Gasteiger partial charge in [-0.15, -0.1) is 0 Å². The van der Waals surface area contributed by atoms with Crippen molar-refractivity contribution in [3.63, 3.8) is 0 Å². The molecule has 0 aliphatic carbocycles. The summed E-state index contributed by atoms with van der Waals surface area (Å²) in [6.07, 6.45) is -4.61. The number of carbonyl (C=O) groups excluding carboxylic acids is 1. The molecule has 0 aliphatic rings. The van der Waals surface area contributed by atoms with Crippen molar-refractivity contribution in [2.45, 2.75) is 13.1 Å².